The van der Waals surface area contributed by atoms with Gasteiger partial charge in [0.15, 0.2) is 0 Å². The maximum atomic E-state index is 13.9. The Hall–Kier alpha value is -1.92. The number of carbonyl (C=O) groups is 1. The van der Waals surface area contributed by atoms with E-state index in [0.717, 1.165) is 11.4 Å². The normalized spacial score (nSPS) is 12.5. The van der Waals surface area contributed by atoms with Gasteiger partial charge in [-0.05, 0) is 40.0 Å². The first-order valence-corrected chi connectivity index (χ1v) is 8.04. The van der Waals surface area contributed by atoms with E-state index in [2.05, 4.69) is 10.4 Å². The lowest BCUT2D eigenvalue weighted by atomic mass is 10.1. The van der Waals surface area contributed by atoms with Crippen molar-refractivity contribution in [2.45, 2.75) is 33.4 Å². The third-order valence-corrected chi connectivity index (χ3v) is 4.62. The lowest BCUT2D eigenvalue weighted by Gasteiger charge is -2.24. The summed E-state index contributed by atoms with van der Waals surface area (Å²) in [6.45, 7) is 5.75. The molecule has 2 aromatic rings. The minimum absolute atomic E-state index is 0.177. The van der Waals surface area contributed by atoms with Gasteiger partial charge in [-0.3, -0.25) is 14.4 Å². The van der Waals surface area contributed by atoms with Gasteiger partial charge >= 0.3 is 0 Å². The van der Waals surface area contributed by atoms with Gasteiger partial charge in [0.05, 0.1) is 23.1 Å². The van der Waals surface area contributed by atoms with Gasteiger partial charge in [-0.15, -0.1) is 0 Å². The Balaban J connectivity index is 2.10. The molecule has 2 rings (SSSR count). The lowest BCUT2D eigenvalue weighted by molar-refractivity contribution is -0.120. The second-order valence-corrected chi connectivity index (χ2v) is 6.36. The van der Waals surface area contributed by atoms with Gasteiger partial charge in [0, 0.05) is 24.2 Å². The first-order chi connectivity index (χ1) is 11.2. The van der Waals surface area contributed by atoms with E-state index >= 15 is 0 Å². The third kappa shape index (κ3) is 3.76. The molecule has 0 aliphatic carbocycles. The van der Waals surface area contributed by atoms with Crippen LogP contribution in [0.3, 0.4) is 0 Å². The van der Waals surface area contributed by atoms with E-state index in [4.69, 9.17) is 11.6 Å². The summed E-state index contributed by atoms with van der Waals surface area (Å²) in [5, 5.41) is 7.54. The highest BCUT2D eigenvalue weighted by Crippen LogP contribution is 2.22. The molecule has 0 saturated carbocycles. The number of aryl methyl sites for hydroxylation is 2. The fourth-order valence-corrected chi connectivity index (χ4v) is 2.67. The molecule has 0 saturated heterocycles. The summed E-state index contributed by atoms with van der Waals surface area (Å²) in [5.74, 6) is -0.551. The Bertz CT molecular complexity index is 739. The number of carbonyl (C=O) groups excluding carboxylic acids is 1. The van der Waals surface area contributed by atoms with Crippen molar-refractivity contribution in [3.8, 4) is 0 Å². The van der Waals surface area contributed by atoms with Crippen LogP contribution in [0.5, 0.6) is 0 Å². The molecule has 0 bridgehead atoms. The Morgan fingerprint density at radius 3 is 2.67 bits per heavy atom. The van der Waals surface area contributed by atoms with Gasteiger partial charge in [-0.2, -0.15) is 5.10 Å². The number of anilines is 1. The molecule has 24 heavy (non-hydrogen) atoms. The van der Waals surface area contributed by atoms with Gasteiger partial charge in [0.1, 0.15) is 5.82 Å². The van der Waals surface area contributed by atoms with Crippen LogP contribution in [-0.4, -0.2) is 33.7 Å². The van der Waals surface area contributed by atoms with Crippen LogP contribution in [0.4, 0.5) is 10.1 Å². The largest absolute Gasteiger partial charge is 0.322 e. The summed E-state index contributed by atoms with van der Waals surface area (Å²) >= 11 is 6.05. The van der Waals surface area contributed by atoms with Crippen molar-refractivity contribution < 1.29 is 9.18 Å². The third-order valence-electron chi connectivity index (χ3n) is 4.27. The number of nitrogens with zero attached hydrogens (tertiary/aromatic N) is 3. The number of hydrogen-bond acceptors (Lipinski definition) is 3. The minimum Gasteiger partial charge on any atom is -0.322 e. The standard InChI is InChI=1S/C17H22ClFN4O/c1-10-16(11(2)23(5)21-10)20-17(24)12(3)22(4)9-13-14(18)7-6-8-15(13)19/h6-8,12H,9H2,1-5H3,(H,20,24). The molecule has 7 heteroatoms. The number of likely N-dealkylation sites (N-methyl/N-ethyl adjacent to an activating group) is 1. The molecule has 1 N–H and O–H groups in total. The monoisotopic (exact) mass is 352 g/mol. The molecule has 1 atom stereocenters. The van der Waals surface area contributed by atoms with Gasteiger partial charge in [0.25, 0.3) is 0 Å². The molecule has 1 aromatic carbocycles. The summed E-state index contributed by atoms with van der Waals surface area (Å²) in [6.07, 6.45) is 0. The average molecular weight is 353 g/mol. The second kappa shape index (κ2) is 7.32. The van der Waals surface area contributed by atoms with Crippen LogP contribution >= 0.6 is 11.6 Å². The molecule has 0 aliphatic rings. The molecular formula is C17H22ClFN4O. The number of halogens is 2. The highest BCUT2D eigenvalue weighted by atomic mass is 35.5. The minimum atomic E-state index is -0.459. The molecular weight excluding hydrogens is 331 g/mol. The van der Waals surface area contributed by atoms with E-state index in [1.54, 1.807) is 35.7 Å². The van der Waals surface area contributed by atoms with Crippen molar-refractivity contribution >= 4 is 23.2 Å². The predicted octanol–water partition coefficient (Wildman–Crippen LogP) is 3.29. The van der Waals surface area contributed by atoms with Crippen molar-refractivity contribution in [2.24, 2.45) is 7.05 Å². The highest BCUT2D eigenvalue weighted by Gasteiger charge is 2.22. The highest BCUT2D eigenvalue weighted by molar-refractivity contribution is 6.31. The van der Waals surface area contributed by atoms with E-state index < -0.39 is 6.04 Å². The summed E-state index contributed by atoms with van der Waals surface area (Å²) in [6, 6.07) is 4.11. The molecule has 1 amide bonds. The van der Waals surface area contributed by atoms with Crippen LogP contribution in [-0.2, 0) is 18.4 Å². The molecule has 0 fully saturated rings. The summed E-state index contributed by atoms with van der Waals surface area (Å²) < 4.78 is 15.6. The Morgan fingerprint density at radius 2 is 2.12 bits per heavy atom. The van der Waals surface area contributed by atoms with E-state index in [1.165, 1.54) is 6.07 Å². The van der Waals surface area contributed by atoms with Crippen molar-refractivity contribution in [3.63, 3.8) is 0 Å². The van der Waals surface area contributed by atoms with Gasteiger partial charge in [-0.1, -0.05) is 17.7 Å². The van der Waals surface area contributed by atoms with Crippen LogP contribution in [0.25, 0.3) is 0 Å². The van der Waals surface area contributed by atoms with Crippen LogP contribution in [0.15, 0.2) is 18.2 Å². The first-order valence-electron chi connectivity index (χ1n) is 7.66. The number of rotatable bonds is 5. The fraction of sp³-hybridized carbons (Fsp3) is 0.412. The molecule has 5 nitrogen and oxygen atoms in total. The Morgan fingerprint density at radius 1 is 1.46 bits per heavy atom. The van der Waals surface area contributed by atoms with Crippen molar-refractivity contribution in [1.82, 2.24) is 14.7 Å². The van der Waals surface area contributed by atoms with Crippen molar-refractivity contribution in [1.29, 1.82) is 0 Å². The first kappa shape index (κ1) is 18.4. The van der Waals surface area contributed by atoms with E-state index in [-0.39, 0.29) is 18.3 Å². The van der Waals surface area contributed by atoms with Crippen LogP contribution in [0.1, 0.15) is 23.9 Å². The molecule has 0 radical (unpaired) electrons. The number of amides is 1. The Labute approximate surface area is 146 Å². The molecule has 1 aromatic heterocycles. The molecule has 1 unspecified atom stereocenters. The molecule has 0 aliphatic heterocycles. The van der Waals surface area contributed by atoms with Gasteiger partial charge in [-0.25, -0.2) is 4.39 Å². The lowest BCUT2D eigenvalue weighted by Crippen LogP contribution is -2.39. The van der Waals surface area contributed by atoms with E-state index in [0.29, 0.717) is 16.3 Å². The smallest absolute Gasteiger partial charge is 0.241 e. The topological polar surface area (TPSA) is 50.2 Å². The van der Waals surface area contributed by atoms with Gasteiger partial charge in [0.2, 0.25) is 5.91 Å². The molecule has 1 heterocycles. The maximum absolute atomic E-state index is 13.9. The van der Waals surface area contributed by atoms with Crippen LogP contribution in [0, 0.1) is 19.7 Å². The zero-order valence-corrected chi connectivity index (χ0v) is 15.3. The predicted molar refractivity (Wildman–Crippen MR) is 93.7 cm³/mol. The number of benzene rings is 1. The number of nitrogens with one attached hydrogen (secondary N) is 1. The van der Waals surface area contributed by atoms with E-state index in [9.17, 15) is 9.18 Å². The van der Waals surface area contributed by atoms with Crippen molar-refractivity contribution in [3.05, 3.63) is 46.0 Å². The van der Waals surface area contributed by atoms with E-state index in [1.807, 2.05) is 20.9 Å². The summed E-state index contributed by atoms with van der Waals surface area (Å²) in [4.78, 5) is 14.3. The number of hydrogen-bond donors (Lipinski definition) is 1. The zero-order valence-electron chi connectivity index (χ0n) is 14.5. The maximum Gasteiger partial charge on any atom is 0.241 e. The Kier molecular flexibility index (Phi) is 5.62. The SMILES string of the molecule is Cc1nn(C)c(C)c1NC(=O)C(C)N(C)Cc1c(F)cccc1Cl. The van der Waals surface area contributed by atoms with Gasteiger partial charge < -0.3 is 5.32 Å². The zero-order chi connectivity index (χ0) is 18.0. The number of aromatic nitrogens is 2. The molecule has 130 valence electrons. The fourth-order valence-electron chi connectivity index (χ4n) is 2.45. The quantitative estimate of drug-likeness (QED) is 0.898. The van der Waals surface area contributed by atoms with Crippen LogP contribution < -0.4 is 5.32 Å². The second-order valence-electron chi connectivity index (χ2n) is 5.95. The summed E-state index contributed by atoms with van der Waals surface area (Å²) in [5.41, 5.74) is 2.74. The van der Waals surface area contributed by atoms with Crippen molar-refractivity contribution in [2.75, 3.05) is 12.4 Å². The summed E-state index contributed by atoms with van der Waals surface area (Å²) in [7, 11) is 3.59. The average Bonchev–Trinajstić information content (AvgIpc) is 2.76. The molecule has 0 spiro atoms. The van der Waals surface area contributed by atoms with Crippen LogP contribution in [0.2, 0.25) is 5.02 Å².